The van der Waals surface area contributed by atoms with Gasteiger partial charge in [0.25, 0.3) is 0 Å². The topological polar surface area (TPSA) is 88.1 Å². The Morgan fingerprint density at radius 3 is 2.56 bits per heavy atom. The van der Waals surface area contributed by atoms with Gasteiger partial charge in [0.1, 0.15) is 21.5 Å². The average molecular weight is 267 g/mol. The van der Waals surface area contributed by atoms with E-state index in [4.69, 9.17) is 11.0 Å². The van der Waals surface area contributed by atoms with Crippen molar-refractivity contribution in [1.29, 1.82) is 5.26 Å². The van der Waals surface area contributed by atoms with Gasteiger partial charge in [0.05, 0.1) is 12.8 Å². The molecule has 98 valence electrons. The van der Waals surface area contributed by atoms with Crippen LogP contribution in [-0.4, -0.2) is 19.1 Å². The Hall–Kier alpha value is -1.74. The van der Waals surface area contributed by atoms with Crippen LogP contribution in [0.5, 0.6) is 0 Å². The van der Waals surface area contributed by atoms with Gasteiger partial charge >= 0.3 is 5.97 Å². The van der Waals surface area contributed by atoms with E-state index in [1.165, 1.54) is 7.11 Å². The Balaban J connectivity index is 3.13. The Kier molecular flexibility index (Phi) is 4.56. The Morgan fingerprint density at radius 2 is 2.11 bits per heavy atom. The molecule has 0 fully saturated rings. The second kappa shape index (κ2) is 5.74. The van der Waals surface area contributed by atoms with Gasteiger partial charge in [0, 0.05) is 6.04 Å². The first-order valence-corrected chi connectivity index (χ1v) is 6.41. The molecule has 0 aromatic carbocycles. The van der Waals surface area contributed by atoms with Crippen molar-refractivity contribution >= 4 is 28.0 Å². The summed E-state index contributed by atoms with van der Waals surface area (Å²) in [5.41, 5.74) is 6.29. The fourth-order valence-corrected chi connectivity index (χ4v) is 2.36. The maximum Gasteiger partial charge on any atom is 0.350 e. The number of thiophene rings is 1. The van der Waals surface area contributed by atoms with Gasteiger partial charge in [-0.1, -0.05) is 13.8 Å². The third-order valence-electron chi connectivity index (χ3n) is 2.79. The van der Waals surface area contributed by atoms with Crippen molar-refractivity contribution in [3.8, 4) is 6.07 Å². The van der Waals surface area contributed by atoms with Gasteiger partial charge < -0.3 is 15.8 Å². The monoisotopic (exact) mass is 267 g/mol. The van der Waals surface area contributed by atoms with Gasteiger partial charge in [0.2, 0.25) is 0 Å². The van der Waals surface area contributed by atoms with Crippen LogP contribution in [0.15, 0.2) is 0 Å². The van der Waals surface area contributed by atoms with Crippen molar-refractivity contribution in [2.75, 3.05) is 18.2 Å². The smallest absolute Gasteiger partial charge is 0.350 e. The van der Waals surface area contributed by atoms with Crippen molar-refractivity contribution < 1.29 is 9.53 Å². The minimum Gasteiger partial charge on any atom is -0.465 e. The van der Waals surface area contributed by atoms with Crippen molar-refractivity contribution in [3.63, 3.8) is 0 Å². The van der Waals surface area contributed by atoms with Gasteiger partial charge in [-0.2, -0.15) is 5.26 Å². The second-order valence-corrected chi connectivity index (χ2v) is 5.35. The molecule has 0 bridgehead atoms. The number of methoxy groups -OCH3 is 1. The first-order chi connectivity index (χ1) is 8.42. The standard InChI is InChI=1S/C12H17N3O2S/c1-6(2)7(3)15-11-8(5-13)9(14)10(18-11)12(16)17-4/h6-7,15H,14H2,1-4H3. The van der Waals surface area contributed by atoms with Crippen LogP contribution in [0.2, 0.25) is 0 Å². The van der Waals surface area contributed by atoms with E-state index in [1.54, 1.807) is 0 Å². The van der Waals surface area contributed by atoms with Gasteiger partial charge in [0.15, 0.2) is 0 Å². The summed E-state index contributed by atoms with van der Waals surface area (Å²) in [6, 6.07) is 2.20. The predicted octanol–water partition coefficient (Wildman–Crippen LogP) is 2.44. The minimum absolute atomic E-state index is 0.181. The van der Waals surface area contributed by atoms with Gasteiger partial charge in [-0.3, -0.25) is 0 Å². The number of nitrogens with two attached hydrogens (primary N) is 1. The van der Waals surface area contributed by atoms with Gasteiger partial charge in [-0.25, -0.2) is 4.79 Å². The van der Waals surface area contributed by atoms with E-state index in [0.717, 1.165) is 11.3 Å². The number of ether oxygens (including phenoxy) is 1. The van der Waals surface area contributed by atoms with E-state index >= 15 is 0 Å². The van der Waals surface area contributed by atoms with Crippen molar-refractivity contribution in [3.05, 3.63) is 10.4 Å². The molecular weight excluding hydrogens is 250 g/mol. The van der Waals surface area contributed by atoms with Crippen LogP contribution < -0.4 is 11.1 Å². The molecule has 5 nitrogen and oxygen atoms in total. The first kappa shape index (κ1) is 14.3. The number of rotatable bonds is 4. The number of hydrogen-bond donors (Lipinski definition) is 2. The molecule has 0 aliphatic rings. The van der Waals surface area contributed by atoms with Crippen molar-refractivity contribution in [1.82, 2.24) is 0 Å². The summed E-state index contributed by atoms with van der Waals surface area (Å²) in [7, 11) is 1.29. The van der Waals surface area contributed by atoms with E-state index < -0.39 is 5.97 Å². The SMILES string of the molecule is COC(=O)c1sc(NC(C)C(C)C)c(C#N)c1N. The van der Waals surface area contributed by atoms with E-state index in [1.807, 2.05) is 13.0 Å². The summed E-state index contributed by atoms with van der Waals surface area (Å²) in [6.45, 7) is 6.16. The molecule has 1 unspecified atom stereocenters. The Labute approximate surface area is 111 Å². The molecule has 1 aromatic heterocycles. The van der Waals surface area contributed by atoms with Crippen LogP contribution in [-0.2, 0) is 4.74 Å². The summed E-state index contributed by atoms with van der Waals surface area (Å²) in [4.78, 5) is 11.8. The van der Waals surface area contributed by atoms with E-state index in [9.17, 15) is 4.79 Å². The zero-order valence-corrected chi connectivity index (χ0v) is 11.7. The molecule has 1 rings (SSSR count). The molecule has 0 radical (unpaired) electrons. The highest BCUT2D eigenvalue weighted by Crippen LogP contribution is 2.36. The number of nitrogen functional groups attached to an aromatic ring is 1. The lowest BCUT2D eigenvalue weighted by Gasteiger charge is -2.17. The number of hydrogen-bond acceptors (Lipinski definition) is 6. The summed E-state index contributed by atoms with van der Waals surface area (Å²) in [6.07, 6.45) is 0. The lowest BCUT2D eigenvalue weighted by molar-refractivity contribution is 0.0607. The molecule has 0 aliphatic heterocycles. The maximum absolute atomic E-state index is 11.5. The van der Waals surface area contributed by atoms with E-state index in [0.29, 0.717) is 16.5 Å². The van der Waals surface area contributed by atoms with Crippen LogP contribution in [0, 0.1) is 17.2 Å². The van der Waals surface area contributed by atoms with Crippen molar-refractivity contribution in [2.45, 2.75) is 26.8 Å². The number of nitrogens with zero attached hydrogens (tertiary/aromatic N) is 1. The molecule has 0 amide bonds. The average Bonchev–Trinajstić information content (AvgIpc) is 2.64. The maximum atomic E-state index is 11.5. The number of esters is 1. The summed E-state index contributed by atoms with van der Waals surface area (Å²) in [5.74, 6) is -0.110. The van der Waals surface area contributed by atoms with Crippen LogP contribution in [0.1, 0.15) is 36.0 Å². The molecule has 18 heavy (non-hydrogen) atoms. The zero-order chi connectivity index (χ0) is 13.9. The molecular formula is C12H17N3O2S. The molecule has 6 heteroatoms. The third-order valence-corrected chi connectivity index (χ3v) is 3.90. The number of nitriles is 1. The molecule has 0 spiro atoms. The molecule has 1 heterocycles. The van der Waals surface area contributed by atoms with Crippen molar-refractivity contribution in [2.24, 2.45) is 5.92 Å². The number of carbonyl (C=O) groups is 1. The fourth-order valence-electron chi connectivity index (χ4n) is 1.27. The normalized spacial score (nSPS) is 12.0. The first-order valence-electron chi connectivity index (χ1n) is 5.59. The summed E-state index contributed by atoms with van der Waals surface area (Å²) < 4.78 is 4.64. The van der Waals surface area contributed by atoms with E-state index in [-0.39, 0.29) is 16.6 Å². The Morgan fingerprint density at radius 1 is 1.50 bits per heavy atom. The number of carbonyl (C=O) groups excluding carboxylic acids is 1. The number of nitrogens with one attached hydrogen (secondary N) is 1. The largest absolute Gasteiger partial charge is 0.465 e. The lowest BCUT2D eigenvalue weighted by Crippen LogP contribution is -2.21. The highest BCUT2D eigenvalue weighted by atomic mass is 32.1. The van der Waals surface area contributed by atoms with Crippen LogP contribution in [0.4, 0.5) is 10.7 Å². The molecule has 0 aliphatic carbocycles. The van der Waals surface area contributed by atoms with Crippen LogP contribution in [0.25, 0.3) is 0 Å². The molecule has 1 atom stereocenters. The second-order valence-electron chi connectivity index (χ2n) is 4.33. The third kappa shape index (κ3) is 2.74. The molecule has 0 saturated carbocycles. The Bertz CT molecular complexity index is 488. The molecule has 1 aromatic rings. The van der Waals surface area contributed by atoms with Crippen LogP contribution in [0.3, 0.4) is 0 Å². The quantitative estimate of drug-likeness (QED) is 0.818. The predicted molar refractivity (Wildman–Crippen MR) is 72.7 cm³/mol. The van der Waals surface area contributed by atoms with Gasteiger partial charge in [-0.05, 0) is 12.8 Å². The fraction of sp³-hybridized carbons (Fsp3) is 0.500. The highest BCUT2D eigenvalue weighted by molar-refractivity contribution is 7.18. The van der Waals surface area contributed by atoms with Crippen LogP contribution >= 0.6 is 11.3 Å². The lowest BCUT2D eigenvalue weighted by atomic mass is 10.1. The molecule has 0 saturated heterocycles. The van der Waals surface area contributed by atoms with Gasteiger partial charge in [-0.15, -0.1) is 11.3 Å². The highest BCUT2D eigenvalue weighted by Gasteiger charge is 2.22. The van der Waals surface area contributed by atoms with E-state index in [2.05, 4.69) is 23.9 Å². The zero-order valence-electron chi connectivity index (χ0n) is 10.9. The number of anilines is 2. The summed E-state index contributed by atoms with van der Waals surface area (Å²) in [5, 5.41) is 12.9. The molecule has 3 N–H and O–H groups in total. The summed E-state index contributed by atoms with van der Waals surface area (Å²) >= 11 is 1.16. The minimum atomic E-state index is -0.515.